The van der Waals surface area contributed by atoms with Crippen LogP contribution in [0.4, 0.5) is 0 Å². The fraction of sp³-hybridized carbons (Fsp3) is 0.235. The molecule has 0 fully saturated rings. The quantitative estimate of drug-likeness (QED) is 0.785. The zero-order valence-electron chi connectivity index (χ0n) is 13.1. The van der Waals surface area contributed by atoms with Crippen molar-refractivity contribution in [1.82, 2.24) is 19.9 Å². The van der Waals surface area contributed by atoms with Crippen molar-refractivity contribution in [3.63, 3.8) is 0 Å². The van der Waals surface area contributed by atoms with Gasteiger partial charge in [-0.05, 0) is 25.5 Å². The van der Waals surface area contributed by atoms with Gasteiger partial charge in [-0.15, -0.1) is 5.10 Å². The van der Waals surface area contributed by atoms with Crippen molar-refractivity contribution in [3.05, 3.63) is 59.4 Å². The number of nitrogens with one attached hydrogen (secondary N) is 1. The Morgan fingerprint density at radius 2 is 2.17 bits per heavy atom. The summed E-state index contributed by atoms with van der Waals surface area (Å²) < 4.78 is 6.89. The van der Waals surface area contributed by atoms with Crippen LogP contribution in [0.25, 0.3) is 5.65 Å². The van der Waals surface area contributed by atoms with Crippen LogP contribution < -0.4 is 10.1 Å². The van der Waals surface area contributed by atoms with Gasteiger partial charge < -0.3 is 10.1 Å². The zero-order chi connectivity index (χ0) is 16.2. The second-order valence-corrected chi connectivity index (χ2v) is 5.21. The number of carbonyl (C=O) groups excluding carboxylic acids is 1. The van der Waals surface area contributed by atoms with Crippen LogP contribution in [0.2, 0.25) is 0 Å². The van der Waals surface area contributed by atoms with Crippen molar-refractivity contribution in [1.29, 1.82) is 0 Å². The minimum absolute atomic E-state index is 0.227. The van der Waals surface area contributed by atoms with Gasteiger partial charge in [0.05, 0.1) is 12.8 Å². The van der Waals surface area contributed by atoms with Crippen LogP contribution in [0, 0.1) is 6.92 Å². The van der Waals surface area contributed by atoms with Crippen molar-refractivity contribution in [2.24, 2.45) is 0 Å². The number of fused-ring (bicyclic) bond motifs is 1. The topological polar surface area (TPSA) is 68.5 Å². The van der Waals surface area contributed by atoms with Gasteiger partial charge in [-0.2, -0.15) is 0 Å². The predicted molar refractivity (Wildman–Crippen MR) is 86.5 cm³/mol. The number of benzene rings is 1. The zero-order valence-corrected chi connectivity index (χ0v) is 13.1. The number of amides is 1. The fourth-order valence-electron chi connectivity index (χ4n) is 2.29. The summed E-state index contributed by atoms with van der Waals surface area (Å²) in [5.41, 5.74) is 3.16. The molecule has 0 bridgehead atoms. The van der Waals surface area contributed by atoms with Gasteiger partial charge in [0.15, 0.2) is 5.65 Å². The number of hydrogen-bond acceptors (Lipinski definition) is 4. The van der Waals surface area contributed by atoms with E-state index in [1.165, 1.54) is 0 Å². The molecule has 6 heteroatoms. The minimum Gasteiger partial charge on any atom is -0.477 e. The summed E-state index contributed by atoms with van der Waals surface area (Å²) >= 11 is 0. The normalized spacial score (nSPS) is 10.7. The summed E-state index contributed by atoms with van der Waals surface area (Å²) in [6, 6.07) is 11.5. The molecule has 0 spiro atoms. The number of imidazole rings is 1. The summed E-state index contributed by atoms with van der Waals surface area (Å²) in [5, 5.41) is 7.12. The van der Waals surface area contributed by atoms with Gasteiger partial charge in [-0.1, -0.05) is 29.8 Å². The highest BCUT2D eigenvalue weighted by Crippen LogP contribution is 2.10. The highest BCUT2D eigenvalue weighted by Gasteiger charge is 2.11. The van der Waals surface area contributed by atoms with Crippen LogP contribution in [0.15, 0.2) is 42.6 Å². The van der Waals surface area contributed by atoms with E-state index in [1.807, 2.05) is 38.1 Å². The van der Waals surface area contributed by atoms with Crippen molar-refractivity contribution < 1.29 is 9.53 Å². The van der Waals surface area contributed by atoms with Gasteiger partial charge in [0, 0.05) is 12.6 Å². The summed E-state index contributed by atoms with van der Waals surface area (Å²) in [5.74, 6) is 0.277. The van der Waals surface area contributed by atoms with Gasteiger partial charge in [-0.3, -0.25) is 4.79 Å². The van der Waals surface area contributed by atoms with Gasteiger partial charge in [0.25, 0.3) is 5.91 Å². The molecule has 3 aromatic rings. The van der Waals surface area contributed by atoms with E-state index >= 15 is 0 Å². The van der Waals surface area contributed by atoms with Crippen molar-refractivity contribution in [2.75, 3.05) is 6.61 Å². The van der Waals surface area contributed by atoms with Crippen LogP contribution in [0.1, 0.15) is 28.5 Å². The van der Waals surface area contributed by atoms with Gasteiger partial charge in [0.1, 0.15) is 5.69 Å². The lowest BCUT2D eigenvalue weighted by atomic mass is 10.1. The number of aryl methyl sites for hydroxylation is 1. The highest BCUT2D eigenvalue weighted by atomic mass is 16.5. The molecule has 0 aliphatic heterocycles. The van der Waals surface area contributed by atoms with E-state index in [0.717, 1.165) is 11.1 Å². The number of rotatable bonds is 5. The number of ether oxygens (including phenoxy) is 1. The summed E-state index contributed by atoms with van der Waals surface area (Å²) in [4.78, 5) is 16.5. The van der Waals surface area contributed by atoms with Crippen molar-refractivity contribution in [2.45, 2.75) is 20.4 Å². The molecule has 0 saturated heterocycles. The predicted octanol–water partition coefficient (Wildman–Crippen LogP) is 2.37. The lowest BCUT2D eigenvalue weighted by molar-refractivity contribution is 0.0946. The Labute approximate surface area is 134 Å². The molecular weight excluding hydrogens is 292 g/mol. The second-order valence-electron chi connectivity index (χ2n) is 5.21. The maximum atomic E-state index is 12.2. The molecule has 0 aliphatic rings. The third-order valence-corrected chi connectivity index (χ3v) is 3.36. The first kappa shape index (κ1) is 15.0. The molecule has 1 amide bonds. The first-order chi connectivity index (χ1) is 11.2. The van der Waals surface area contributed by atoms with Gasteiger partial charge in [0.2, 0.25) is 5.88 Å². The average Bonchev–Trinajstić information content (AvgIpc) is 2.96. The lowest BCUT2D eigenvalue weighted by Crippen LogP contribution is -2.23. The van der Waals surface area contributed by atoms with E-state index in [4.69, 9.17) is 4.74 Å². The largest absolute Gasteiger partial charge is 0.477 e. The molecular formula is C17H18N4O2. The van der Waals surface area contributed by atoms with E-state index in [0.29, 0.717) is 30.4 Å². The fourth-order valence-corrected chi connectivity index (χ4v) is 2.29. The Morgan fingerprint density at radius 3 is 2.96 bits per heavy atom. The maximum absolute atomic E-state index is 12.2. The Bertz CT molecular complexity index is 841. The minimum atomic E-state index is -0.227. The second kappa shape index (κ2) is 6.48. The molecule has 6 nitrogen and oxygen atoms in total. The van der Waals surface area contributed by atoms with Crippen LogP contribution in [-0.4, -0.2) is 27.1 Å². The first-order valence-corrected chi connectivity index (χ1v) is 7.48. The van der Waals surface area contributed by atoms with Crippen LogP contribution in [0.3, 0.4) is 0 Å². The lowest BCUT2D eigenvalue weighted by Gasteiger charge is -2.04. The van der Waals surface area contributed by atoms with E-state index in [-0.39, 0.29) is 5.91 Å². The Balaban J connectivity index is 1.73. The molecule has 1 N–H and O–H groups in total. The van der Waals surface area contributed by atoms with E-state index in [1.54, 1.807) is 22.8 Å². The average molecular weight is 310 g/mol. The molecule has 1 aromatic carbocycles. The Morgan fingerprint density at radius 1 is 1.30 bits per heavy atom. The third kappa shape index (κ3) is 3.48. The SMILES string of the molecule is CCOc1ccc2nc(C(=O)NCc3cccc(C)c3)cn2n1. The monoisotopic (exact) mass is 310 g/mol. The Hall–Kier alpha value is -2.89. The molecule has 0 unspecified atom stereocenters. The molecule has 3 rings (SSSR count). The summed E-state index contributed by atoms with van der Waals surface area (Å²) in [7, 11) is 0. The number of hydrogen-bond donors (Lipinski definition) is 1. The van der Waals surface area contributed by atoms with Crippen LogP contribution in [-0.2, 0) is 6.54 Å². The smallest absolute Gasteiger partial charge is 0.271 e. The van der Waals surface area contributed by atoms with Crippen molar-refractivity contribution >= 4 is 11.6 Å². The van der Waals surface area contributed by atoms with E-state index in [2.05, 4.69) is 15.4 Å². The van der Waals surface area contributed by atoms with Crippen molar-refractivity contribution in [3.8, 4) is 5.88 Å². The van der Waals surface area contributed by atoms with Gasteiger partial charge >= 0.3 is 0 Å². The van der Waals surface area contributed by atoms with E-state index in [9.17, 15) is 4.79 Å². The first-order valence-electron chi connectivity index (χ1n) is 7.48. The molecule has 0 atom stereocenters. The van der Waals surface area contributed by atoms with Crippen LogP contribution in [0.5, 0.6) is 5.88 Å². The molecule has 0 aliphatic carbocycles. The molecule has 0 radical (unpaired) electrons. The molecule has 2 heterocycles. The van der Waals surface area contributed by atoms with Crippen LogP contribution >= 0.6 is 0 Å². The van der Waals surface area contributed by atoms with Gasteiger partial charge in [-0.25, -0.2) is 9.50 Å². The molecule has 118 valence electrons. The number of nitrogens with zero attached hydrogens (tertiary/aromatic N) is 3. The highest BCUT2D eigenvalue weighted by molar-refractivity contribution is 5.92. The number of carbonyl (C=O) groups is 1. The third-order valence-electron chi connectivity index (χ3n) is 3.36. The number of aromatic nitrogens is 3. The molecule has 2 aromatic heterocycles. The molecule has 23 heavy (non-hydrogen) atoms. The molecule has 0 saturated carbocycles. The maximum Gasteiger partial charge on any atom is 0.271 e. The standard InChI is InChI=1S/C17H18N4O2/c1-3-23-16-8-7-15-19-14(11-21(15)20-16)17(22)18-10-13-6-4-5-12(2)9-13/h4-9,11H,3,10H2,1-2H3,(H,18,22). The summed E-state index contributed by atoms with van der Waals surface area (Å²) in [6.45, 7) is 4.92. The van der Waals surface area contributed by atoms with E-state index < -0.39 is 0 Å². The Kier molecular flexibility index (Phi) is 4.23. The summed E-state index contributed by atoms with van der Waals surface area (Å²) in [6.07, 6.45) is 1.60.